The van der Waals surface area contributed by atoms with Gasteiger partial charge in [-0.1, -0.05) is 23.3 Å². The SMILES string of the molecule is CC(C)(C)OC(=O)Oc1ccccc1CN=[N+]=[N-]. The number of benzene rings is 1. The molecule has 0 unspecified atom stereocenters. The number of azide groups is 1. The number of rotatable bonds is 3. The first kappa shape index (κ1) is 13.9. The van der Waals surface area contributed by atoms with E-state index in [2.05, 4.69) is 10.0 Å². The molecule has 0 fully saturated rings. The molecule has 0 N–H and O–H groups in total. The Morgan fingerprint density at radius 1 is 1.39 bits per heavy atom. The van der Waals surface area contributed by atoms with E-state index in [1.54, 1.807) is 45.0 Å². The van der Waals surface area contributed by atoms with Crippen molar-refractivity contribution in [2.75, 3.05) is 0 Å². The van der Waals surface area contributed by atoms with Crippen LogP contribution in [0.2, 0.25) is 0 Å². The van der Waals surface area contributed by atoms with E-state index in [1.165, 1.54) is 0 Å². The molecule has 0 aliphatic carbocycles. The Balaban J connectivity index is 2.77. The average Bonchev–Trinajstić information content (AvgIpc) is 2.25. The predicted molar refractivity (Wildman–Crippen MR) is 66.2 cm³/mol. The highest BCUT2D eigenvalue weighted by atomic mass is 16.7. The van der Waals surface area contributed by atoms with E-state index >= 15 is 0 Å². The average molecular weight is 249 g/mol. The molecule has 0 amide bonds. The standard InChI is InChI=1S/C12H15N3O3/c1-12(2,3)18-11(16)17-10-7-5-4-6-9(10)8-14-15-13/h4-7H,8H2,1-3H3. The van der Waals surface area contributed by atoms with Crippen molar-refractivity contribution in [3.63, 3.8) is 0 Å². The van der Waals surface area contributed by atoms with Crippen LogP contribution in [0.15, 0.2) is 29.4 Å². The van der Waals surface area contributed by atoms with E-state index in [0.717, 1.165) is 0 Å². The third-order valence-electron chi connectivity index (χ3n) is 1.86. The van der Waals surface area contributed by atoms with Gasteiger partial charge in [0.15, 0.2) is 0 Å². The summed E-state index contributed by atoms with van der Waals surface area (Å²) in [6.07, 6.45) is -0.782. The molecule has 1 rings (SSSR count). The molecule has 0 heterocycles. The van der Waals surface area contributed by atoms with Gasteiger partial charge in [0.05, 0.1) is 6.54 Å². The molecule has 0 aliphatic rings. The van der Waals surface area contributed by atoms with Crippen molar-refractivity contribution in [3.05, 3.63) is 40.3 Å². The van der Waals surface area contributed by atoms with Gasteiger partial charge in [-0.3, -0.25) is 0 Å². The first-order valence-electron chi connectivity index (χ1n) is 5.42. The molecule has 0 bridgehead atoms. The lowest BCUT2D eigenvalue weighted by Gasteiger charge is -2.19. The Labute approximate surface area is 105 Å². The molecule has 0 saturated heterocycles. The first-order valence-corrected chi connectivity index (χ1v) is 5.42. The second kappa shape index (κ2) is 5.93. The van der Waals surface area contributed by atoms with Gasteiger partial charge >= 0.3 is 6.16 Å². The van der Waals surface area contributed by atoms with E-state index < -0.39 is 11.8 Å². The Bertz CT molecular complexity index is 474. The molecule has 1 aromatic rings. The zero-order chi connectivity index (χ0) is 13.6. The molecule has 6 heteroatoms. The highest BCUT2D eigenvalue weighted by Crippen LogP contribution is 2.20. The Morgan fingerprint density at radius 3 is 2.67 bits per heavy atom. The molecular weight excluding hydrogens is 234 g/mol. The predicted octanol–water partition coefficient (Wildman–Crippen LogP) is 3.81. The molecule has 96 valence electrons. The molecule has 0 atom stereocenters. The lowest BCUT2D eigenvalue weighted by Crippen LogP contribution is -2.26. The largest absolute Gasteiger partial charge is 0.514 e. The molecule has 0 aromatic heterocycles. The van der Waals surface area contributed by atoms with Gasteiger partial charge in [0, 0.05) is 10.5 Å². The molecule has 1 aromatic carbocycles. The fraction of sp³-hybridized carbons (Fsp3) is 0.417. The van der Waals surface area contributed by atoms with Gasteiger partial charge in [0.1, 0.15) is 11.4 Å². The zero-order valence-corrected chi connectivity index (χ0v) is 10.6. The van der Waals surface area contributed by atoms with E-state index in [1.807, 2.05) is 0 Å². The van der Waals surface area contributed by atoms with Crippen LogP contribution in [-0.4, -0.2) is 11.8 Å². The normalized spacial score (nSPS) is 10.4. The van der Waals surface area contributed by atoms with Crippen molar-refractivity contribution in [1.29, 1.82) is 0 Å². The molecular formula is C12H15N3O3. The minimum atomic E-state index is -0.782. The summed E-state index contributed by atoms with van der Waals surface area (Å²) in [5.41, 5.74) is 8.29. The van der Waals surface area contributed by atoms with Crippen LogP contribution in [0.3, 0.4) is 0 Å². The zero-order valence-electron chi connectivity index (χ0n) is 10.6. The van der Waals surface area contributed by atoms with Crippen molar-refractivity contribution < 1.29 is 14.3 Å². The van der Waals surface area contributed by atoms with Crippen LogP contribution < -0.4 is 4.74 Å². The van der Waals surface area contributed by atoms with Crippen molar-refractivity contribution in [1.82, 2.24) is 0 Å². The fourth-order valence-electron chi connectivity index (χ4n) is 1.20. The van der Waals surface area contributed by atoms with E-state index in [0.29, 0.717) is 11.3 Å². The number of nitrogens with zero attached hydrogens (tertiary/aromatic N) is 3. The minimum absolute atomic E-state index is 0.121. The van der Waals surface area contributed by atoms with Crippen LogP contribution in [0.5, 0.6) is 5.75 Å². The maximum Gasteiger partial charge on any atom is 0.514 e. The van der Waals surface area contributed by atoms with Crippen LogP contribution in [0.1, 0.15) is 26.3 Å². The quantitative estimate of drug-likeness (QED) is 0.268. The summed E-state index contributed by atoms with van der Waals surface area (Å²) in [6, 6.07) is 6.82. The Morgan fingerprint density at radius 2 is 2.06 bits per heavy atom. The minimum Gasteiger partial charge on any atom is -0.428 e. The number of hydrogen-bond acceptors (Lipinski definition) is 4. The van der Waals surface area contributed by atoms with Gasteiger partial charge in [-0.25, -0.2) is 4.79 Å². The van der Waals surface area contributed by atoms with Crippen LogP contribution in [0.4, 0.5) is 4.79 Å². The summed E-state index contributed by atoms with van der Waals surface area (Å²) in [4.78, 5) is 14.2. The summed E-state index contributed by atoms with van der Waals surface area (Å²) in [5, 5.41) is 3.43. The first-order chi connectivity index (χ1) is 8.42. The molecule has 0 aliphatic heterocycles. The van der Waals surface area contributed by atoms with Crippen LogP contribution in [0, 0.1) is 0 Å². The molecule has 0 spiro atoms. The number of hydrogen-bond donors (Lipinski definition) is 0. The van der Waals surface area contributed by atoms with Gasteiger partial charge in [-0.15, -0.1) is 0 Å². The molecule has 6 nitrogen and oxygen atoms in total. The second-order valence-corrected chi connectivity index (χ2v) is 4.56. The van der Waals surface area contributed by atoms with Crippen molar-refractivity contribution in [3.8, 4) is 5.75 Å². The topological polar surface area (TPSA) is 84.3 Å². The number of ether oxygens (including phenoxy) is 2. The van der Waals surface area contributed by atoms with Gasteiger partial charge in [0.25, 0.3) is 0 Å². The van der Waals surface area contributed by atoms with Crippen LogP contribution >= 0.6 is 0 Å². The van der Waals surface area contributed by atoms with E-state index in [-0.39, 0.29) is 6.54 Å². The Kier molecular flexibility index (Phi) is 4.57. The smallest absolute Gasteiger partial charge is 0.428 e. The van der Waals surface area contributed by atoms with Crippen molar-refractivity contribution >= 4 is 6.16 Å². The number of carbonyl (C=O) groups is 1. The van der Waals surface area contributed by atoms with Gasteiger partial charge in [-0.2, -0.15) is 0 Å². The number of carbonyl (C=O) groups excluding carboxylic acids is 1. The molecule has 18 heavy (non-hydrogen) atoms. The number of para-hydroxylation sites is 1. The highest BCUT2D eigenvalue weighted by Gasteiger charge is 2.18. The lowest BCUT2D eigenvalue weighted by molar-refractivity contribution is 0.0204. The molecule has 0 radical (unpaired) electrons. The van der Waals surface area contributed by atoms with E-state index in [4.69, 9.17) is 15.0 Å². The summed E-state index contributed by atoms with van der Waals surface area (Å²) < 4.78 is 10.1. The molecule has 0 saturated carbocycles. The van der Waals surface area contributed by atoms with E-state index in [9.17, 15) is 4.79 Å². The van der Waals surface area contributed by atoms with Gasteiger partial charge in [-0.05, 0) is 32.4 Å². The second-order valence-electron chi connectivity index (χ2n) is 4.56. The lowest BCUT2D eigenvalue weighted by atomic mass is 10.2. The summed E-state index contributed by atoms with van der Waals surface area (Å²) in [6.45, 7) is 5.37. The van der Waals surface area contributed by atoms with Crippen LogP contribution in [-0.2, 0) is 11.3 Å². The van der Waals surface area contributed by atoms with Gasteiger partial charge < -0.3 is 9.47 Å². The van der Waals surface area contributed by atoms with Gasteiger partial charge in [0.2, 0.25) is 0 Å². The summed E-state index contributed by atoms with van der Waals surface area (Å²) in [5.74, 6) is 0.333. The third-order valence-corrected chi connectivity index (χ3v) is 1.86. The Hall–Kier alpha value is -2.20. The van der Waals surface area contributed by atoms with Crippen molar-refractivity contribution in [2.45, 2.75) is 32.9 Å². The maximum atomic E-state index is 11.5. The monoisotopic (exact) mass is 249 g/mol. The third kappa shape index (κ3) is 4.76. The summed E-state index contributed by atoms with van der Waals surface area (Å²) in [7, 11) is 0. The summed E-state index contributed by atoms with van der Waals surface area (Å²) >= 11 is 0. The fourth-order valence-corrected chi connectivity index (χ4v) is 1.20. The van der Waals surface area contributed by atoms with Crippen molar-refractivity contribution in [2.24, 2.45) is 5.11 Å². The van der Waals surface area contributed by atoms with Crippen LogP contribution in [0.25, 0.3) is 10.4 Å². The highest BCUT2D eigenvalue weighted by molar-refractivity contribution is 5.65. The maximum absolute atomic E-state index is 11.5.